The summed E-state index contributed by atoms with van der Waals surface area (Å²) >= 11 is 0. The van der Waals surface area contributed by atoms with E-state index in [1.807, 2.05) is 6.21 Å². The molecule has 0 aromatic heterocycles. The molecule has 1 amide bonds. The third-order valence-electron chi connectivity index (χ3n) is 5.29. The van der Waals surface area contributed by atoms with Crippen LogP contribution in [0.4, 0.5) is 0 Å². The molecule has 3 nitrogen and oxygen atoms in total. The number of carbonyl (C=O) groups excluding carboxylic acids is 1. The van der Waals surface area contributed by atoms with E-state index in [2.05, 4.69) is 29.6 Å². The summed E-state index contributed by atoms with van der Waals surface area (Å²) in [5, 5.41) is 4.17. The van der Waals surface area contributed by atoms with Crippen molar-refractivity contribution in [3.05, 3.63) is 12.2 Å². The zero-order valence-corrected chi connectivity index (χ0v) is 14.8. The second-order valence-corrected chi connectivity index (χ2v) is 7.34. The molecule has 3 atom stereocenters. The van der Waals surface area contributed by atoms with Gasteiger partial charge in [0.1, 0.15) is 0 Å². The molecule has 0 aromatic rings. The lowest BCUT2D eigenvalue weighted by Crippen LogP contribution is -2.19. The Bertz CT molecular complexity index is 402. The maximum Gasteiger partial charge on any atom is 0.240 e. The molecule has 0 heterocycles. The Morgan fingerprint density at radius 1 is 1.04 bits per heavy atom. The Morgan fingerprint density at radius 3 is 2.35 bits per heavy atom. The van der Waals surface area contributed by atoms with E-state index < -0.39 is 0 Å². The predicted octanol–water partition coefficient (Wildman–Crippen LogP) is 5.22. The summed E-state index contributed by atoms with van der Waals surface area (Å²) in [5.41, 5.74) is 2.70. The van der Waals surface area contributed by atoms with Crippen LogP contribution in [-0.4, -0.2) is 12.1 Å². The number of rotatable bonds is 12. The molecule has 1 fully saturated rings. The van der Waals surface area contributed by atoms with E-state index in [9.17, 15) is 4.79 Å². The molecule has 3 heteroatoms. The highest BCUT2D eigenvalue weighted by Gasteiger charge is 2.34. The third kappa shape index (κ3) is 6.88. The number of hydrogen-bond donors (Lipinski definition) is 1. The van der Waals surface area contributed by atoms with Crippen LogP contribution in [0, 0.1) is 17.8 Å². The molecule has 3 unspecified atom stereocenters. The van der Waals surface area contributed by atoms with E-state index in [1.165, 1.54) is 64.2 Å². The van der Waals surface area contributed by atoms with Crippen molar-refractivity contribution in [1.82, 2.24) is 5.43 Å². The molecule has 2 rings (SSSR count). The SMILES string of the molecule is CCCCCCCCCCCC(=O)NN=CC1CC2C=CC1C2. The van der Waals surface area contributed by atoms with Crippen molar-refractivity contribution in [3.63, 3.8) is 0 Å². The van der Waals surface area contributed by atoms with Crippen LogP contribution in [0.1, 0.15) is 84.0 Å². The molecule has 0 saturated heterocycles. The van der Waals surface area contributed by atoms with Crippen LogP contribution in [0.2, 0.25) is 0 Å². The molecule has 23 heavy (non-hydrogen) atoms. The highest BCUT2D eigenvalue weighted by molar-refractivity contribution is 5.77. The van der Waals surface area contributed by atoms with Crippen molar-refractivity contribution < 1.29 is 4.79 Å². The first-order chi connectivity index (χ1) is 11.3. The van der Waals surface area contributed by atoms with Crippen LogP contribution in [0.5, 0.6) is 0 Å². The van der Waals surface area contributed by atoms with Gasteiger partial charge in [0.15, 0.2) is 0 Å². The number of allylic oxidation sites excluding steroid dienone is 2. The molecular formula is C20H34N2O. The van der Waals surface area contributed by atoms with Gasteiger partial charge in [0, 0.05) is 18.6 Å². The maximum absolute atomic E-state index is 11.7. The summed E-state index contributed by atoms with van der Waals surface area (Å²) < 4.78 is 0. The average Bonchev–Trinajstić information content (AvgIpc) is 3.16. The molecule has 0 aliphatic heterocycles. The summed E-state index contributed by atoms with van der Waals surface area (Å²) in [7, 11) is 0. The van der Waals surface area contributed by atoms with Gasteiger partial charge in [-0.3, -0.25) is 4.79 Å². The van der Waals surface area contributed by atoms with Crippen LogP contribution in [0.25, 0.3) is 0 Å². The topological polar surface area (TPSA) is 41.5 Å². The van der Waals surface area contributed by atoms with Crippen molar-refractivity contribution in [2.45, 2.75) is 84.0 Å². The summed E-state index contributed by atoms with van der Waals surface area (Å²) in [5.74, 6) is 2.04. The van der Waals surface area contributed by atoms with Crippen molar-refractivity contribution >= 4 is 12.1 Å². The molecule has 0 aromatic carbocycles. The molecule has 1 N–H and O–H groups in total. The van der Waals surface area contributed by atoms with Crippen LogP contribution in [0.3, 0.4) is 0 Å². The van der Waals surface area contributed by atoms with E-state index >= 15 is 0 Å². The third-order valence-corrected chi connectivity index (χ3v) is 5.29. The fraction of sp³-hybridized carbons (Fsp3) is 0.800. The quantitative estimate of drug-likeness (QED) is 0.228. The van der Waals surface area contributed by atoms with Gasteiger partial charge in [-0.15, -0.1) is 0 Å². The Labute approximate surface area is 142 Å². The summed E-state index contributed by atoms with van der Waals surface area (Å²) in [6.45, 7) is 2.25. The lowest BCUT2D eigenvalue weighted by atomic mass is 9.95. The number of fused-ring (bicyclic) bond motifs is 2. The van der Waals surface area contributed by atoms with E-state index in [-0.39, 0.29) is 5.91 Å². The van der Waals surface area contributed by atoms with Crippen LogP contribution in [0.15, 0.2) is 17.3 Å². The molecule has 0 radical (unpaired) electrons. The van der Waals surface area contributed by atoms with E-state index in [4.69, 9.17) is 0 Å². The van der Waals surface area contributed by atoms with Gasteiger partial charge in [-0.05, 0) is 31.1 Å². The van der Waals surface area contributed by atoms with Gasteiger partial charge in [0.2, 0.25) is 5.91 Å². The molecule has 130 valence electrons. The molecule has 2 aliphatic rings. The number of hydrogen-bond acceptors (Lipinski definition) is 2. The number of nitrogens with one attached hydrogen (secondary N) is 1. The number of hydrazone groups is 1. The number of nitrogens with zero attached hydrogens (tertiary/aromatic N) is 1. The van der Waals surface area contributed by atoms with Gasteiger partial charge in [0.25, 0.3) is 0 Å². The Morgan fingerprint density at radius 2 is 1.74 bits per heavy atom. The minimum Gasteiger partial charge on any atom is -0.273 e. The molecule has 2 bridgehead atoms. The van der Waals surface area contributed by atoms with Crippen molar-refractivity contribution in [2.75, 3.05) is 0 Å². The molecule has 2 aliphatic carbocycles. The van der Waals surface area contributed by atoms with Gasteiger partial charge in [-0.2, -0.15) is 5.10 Å². The van der Waals surface area contributed by atoms with Crippen molar-refractivity contribution in [1.29, 1.82) is 0 Å². The first kappa shape index (κ1) is 18.2. The predicted molar refractivity (Wildman–Crippen MR) is 97.3 cm³/mol. The van der Waals surface area contributed by atoms with E-state index in [0.717, 1.165) is 12.3 Å². The Hall–Kier alpha value is -1.12. The van der Waals surface area contributed by atoms with Gasteiger partial charge >= 0.3 is 0 Å². The summed E-state index contributed by atoms with van der Waals surface area (Å²) in [4.78, 5) is 11.7. The van der Waals surface area contributed by atoms with Crippen LogP contribution >= 0.6 is 0 Å². The molecule has 0 spiro atoms. The molecule has 1 saturated carbocycles. The Kier molecular flexibility index (Phi) is 8.41. The van der Waals surface area contributed by atoms with Crippen LogP contribution in [-0.2, 0) is 4.79 Å². The fourth-order valence-corrected chi connectivity index (χ4v) is 3.85. The first-order valence-corrected chi connectivity index (χ1v) is 9.80. The number of amides is 1. The first-order valence-electron chi connectivity index (χ1n) is 9.80. The van der Waals surface area contributed by atoms with E-state index in [0.29, 0.717) is 18.3 Å². The van der Waals surface area contributed by atoms with Crippen molar-refractivity contribution in [2.24, 2.45) is 22.9 Å². The number of unbranched alkanes of at least 4 members (excludes halogenated alkanes) is 8. The highest BCUT2D eigenvalue weighted by Crippen LogP contribution is 2.42. The largest absolute Gasteiger partial charge is 0.273 e. The number of carbonyl (C=O) groups is 1. The van der Waals surface area contributed by atoms with Gasteiger partial charge in [-0.1, -0.05) is 70.4 Å². The standard InChI is InChI=1S/C20H34N2O/c1-2-3-4-5-6-7-8-9-10-11-20(23)22-21-16-19-15-17-12-13-18(19)14-17/h12-13,16-19H,2-11,14-15H2,1H3,(H,22,23). The maximum atomic E-state index is 11.7. The highest BCUT2D eigenvalue weighted by atomic mass is 16.2. The van der Waals surface area contributed by atoms with E-state index in [1.54, 1.807) is 0 Å². The monoisotopic (exact) mass is 318 g/mol. The smallest absolute Gasteiger partial charge is 0.240 e. The zero-order chi connectivity index (χ0) is 16.3. The normalized spacial score (nSPS) is 25.5. The van der Waals surface area contributed by atoms with Crippen molar-refractivity contribution in [3.8, 4) is 0 Å². The summed E-state index contributed by atoms with van der Waals surface area (Å²) in [6.07, 6.45) is 21.3. The van der Waals surface area contributed by atoms with Gasteiger partial charge in [-0.25, -0.2) is 5.43 Å². The zero-order valence-electron chi connectivity index (χ0n) is 14.8. The van der Waals surface area contributed by atoms with Gasteiger partial charge < -0.3 is 0 Å². The minimum absolute atomic E-state index is 0.0721. The lowest BCUT2D eigenvalue weighted by molar-refractivity contribution is -0.121. The average molecular weight is 319 g/mol. The fourth-order valence-electron chi connectivity index (χ4n) is 3.85. The second-order valence-electron chi connectivity index (χ2n) is 7.34. The minimum atomic E-state index is 0.0721. The summed E-state index contributed by atoms with van der Waals surface area (Å²) in [6, 6.07) is 0. The van der Waals surface area contributed by atoms with Crippen LogP contribution < -0.4 is 5.43 Å². The Balaban J connectivity index is 1.41. The second kappa shape index (κ2) is 10.6. The van der Waals surface area contributed by atoms with Gasteiger partial charge in [0.05, 0.1) is 0 Å². The molecular weight excluding hydrogens is 284 g/mol. The lowest BCUT2D eigenvalue weighted by Gasteiger charge is -2.11.